The van der Waals surface area contributed by atoms with Gasteiger partial charge >= 0.3 is 0 Å². The first kappa shape index (κ1) is 17.5. The number of amides is 2. The van der Waals surface area contributed by atoms with E-state index in [-0.39, 0.29) is 17.6 Å². The zero-order valence-electron chi connectivity index (χ0n) is 15.4. The summed E-state index contributed by atoms with van der Waals surface area (Å²) < 4.78 is 0. The molecule has 2 heterocycles. The van der Waals surface area contributed by atoms with Crippen molar-refractivity contribution in [1.29, 1.82) is 0 Å². The molecule has 6 heteroatoms. The number of para-hydroxylation sites is 2. The van der Waals surface area contributed by atoms with E-state index in [1.54, 1.807) is 47.5 Å². The molecule has 2 aliphatic rings. The van der Waals surface area contributed by atoms with Gasteiger partial charge in [0.25, 0.3) is 5.91 Å². The number of benzene rings is 3. The van der Waals surface area contributed by atoms with Gasteiger partial charge in [0.2, 0.25) is 5.91 Å². The number of anilines is 2. The van der Waals surface area contributed by atoms with Crippen molar-refractivity contribution < 1.29 is 19.5 Å². The smallest absolute Gasteiger partial charge is 0.266 e. The van der Waals surface area contributed by atoms with E-state index in [9.17, 15) is 14.7 Å². The van der Waals surface area contributed by atoms with Gasteiger partial charge in [0.05, 0.1) is 17.4 Å². The highest BCUT2D eigenvalue weighted by Crippen LogP contribution is 2.47. The minimum atomic E-state index is -0.921. The van der Waals surface area contributed by atoms with E-state index in [0.717, 1.165) is 5.69 Å². The summed E-state index contributed by atoms with van der Waals surface area (Å²) in [6, 6.07) is 24.4. The highest BCUT2D eigenvalue weighted by molar-refractivity contribution is 6.23. The van der Waals surface area contributed by atoms with Crippen LogP contribution in [0.4, 0.5) is 11.4 Å². The average molecular weight is 386 g/mol. The minimum absolute atomic E-state index is 0.0932. The van der Waals surface area contributed by atoms with Gasteiger partial charge in [0, 0.05) is 0 Å². The van der Waals surface area contributed by atoms with E-state index in [2.05, 4.69) is 0 Å². The third kappa shape index (κ3) is 2.77. The monoisotopic (exact) mass is 386 g/mol. The number of hydroxylamine groups is 1. The van der Waals surface area contributed by atoms with Crippen molar-refractivity contribution >= 4 is 23.2 Å². The molecule has 2 saturated heterocycles. The quantitative estimate of drug-likeness (QED) is 0.699. The molecule has 2 fully saturated rings. The summed E-state index contributed by atoms with van der Waals surface area (Å²) in [6.07, 6.45) is -0.921. The lowest BCUT2D eigenvalue weighted by Crippen LogP contribution is -2.37. The second-order valence-corrected chi connectivity index (χ2v) is 7.10. The Labute approximate surface area is 167 Å². The van der Waals surface area contributed by atoms with Crippen molar-refractivity contribution in [3.63, 3.8) is 0 Å². The second-order valence-electron chi connectivity index (χ2n) is 7.10. The van der Waals surface area contributed by atoms with Gasteiger partial charge in [0.15, 0.2) is 6.10 Å². The molecule has 144 valence electrons. The molecule has 0 aromatic heterocycles. The van der Waals surface area contributed by atoms with Crippen molar-refractivity contribution in [3.8, 4) is 5.75 Å². The largest absolute Gasteiger partial charge is 0.508 e. The molecule has 3 atom stereocenters. The second kappa shape index (κ2) is 6.76. The van der Waals surface area contributed by atoms with Crippen LogP contribution in [-0.4, -0.2) is 23.0 Å². The van der Waals surface area contributed by atoms with Crippen LogP contribution >= 0.6 is 0 Å². The Morgan fingerprint density at radius 2 is 1.41 bits per heavy atom. The van der Waals surface area contributed by atoms with Crippen molar-refractivity contribution in [1.82, 2.24) is 0 Å². The Kier molecular flexibility index (Phi) is 4.07. The maximum atomic E-state index is 13.4. The molecular weight excluding hydrogens is 368 g/mol. The van der Waals surface area contributed by atoms with Crippen LogP contribution in [0.3, 0.4) is 0 Å². The van der Waals surface area contributed by atoms with Crippen molar-refractivity contribution in [2.75, 3.05) is 9.96 Å². The van der Waals surface area contributed by atoms with Crippen LogP contribution in [-0.2, 0) is 14.4 Å². The standard InChI is InChI=1S/C23H18N2O4/c26-18-13-7-8-15(14-18)20-19-21(29-25(20)17-11-5-2-6-12-17)23(28)24(22(19)27)16-9-3-1-4-10-16/h1-14,19-21,26H/t19-,20-,21+/m1/s1. The van der Waals surface area contributed by atoms with E-state index >= 15 is 0 Å². The number of imide groups is 1. The Morgan fingerprint density at radius 1 is 0.759 bits per heavy atom. The molecule has 5 rings (SSSR count). The van der Waals surface area contributed by atoms with Gasteiger partial charge in [-0.05, 0) is 42.0 Å². The Balaban J connectivity index is 1.60. The molecule has 2 aliphatic heterocycles. The summed E-state index contributed by atoms with van der Waals surface area (Å²) in [7, 11) is 0. The predicted octanol–water partition coefficient (Wildman–Crippen LogP) is 3.44. The van der Waals surface area contributed by atoms with Crippen LogP contribution in [0.15, 0.2) is 84.9 Å². The summed E-state index contributed by atoms with van der Waals surface area (Å²) in [5.41, 5.74) is 1.97. The summed E-state index contributed by atoms with van der Waals surface area (Å²) in [4.78, 5) is 33.8. The van der Waals surface area contributed by atoms with Crippen LogP contribution in [0, 0.1) is 5.92 Å². The molecule has 6 nitrogen and oxygen atoms in total. The van der Waals surface area contributed by atoms with Gasteiger partial charge < -0.3 is 5.11 Å². The fourth-order valence-electron chi connectivity index (χ4n) is 4.09. The molecule has 1 N–H and O–H groups in total. The van der Waals surface area contributed by atoms with E-state index in [1.807, 2.05) is 42.5 Å². The van der Waals surface area contributed by atoms with E-state index in [1.165, 1.54) is 4.90 Å². The normalized spacial score (nSPS) is 23.5. The topological polar surface area (TPSA) is 70.1 Å². The van der Waals surface area contributed by atoms with Crippen LogP contribution in [0.1, 0.15) is 11.6 Å². The van der Waals surface area contributed by atoms with Crippen LogP contribution < -0.4 is 9.96 Å². The fraction of sp³-hybridized carbons (Fsp3) is 0.130. The summed E-state index contributed by atoms with van der Waals surface area (Å²) in [5, 5.41) is 11.6. The number of fused-ring (bicyclic) bond motifs is 1. The first-order valence-electron chi connectivity index (χ1n) is 9.38. The first-order chi connectivity index (χ1) is 14.1. The third-order valence-electron chi connectivity index (χ3n) is 5.35. The molecular formula is C23H18N2O4. The SMILES string of the molecule is O=C1[C@H]2[C@H](ON(c3ccccc3)[C@@H]2c2cccc(O)c2)C(=O)N1c1ccccc1. The lowest BCUT2D eigenvalue weighted by atomic mass is 9.90. The number of rotatable bonds is 3. The van der Waals surface area contributed by atoms with Gasteiger partial charge in [-0.1, -0.05) is 48.5 Å². The number of carbonyl (C=O) groups is 2. The van der Waals surface area contributed by atoms with E-state index in [4.69, 9.17) is 4.84 Å². The fourth-order valence-corrected chi connectivity index (χ4v) is 4.09. The maximum Gasteiger partial charge on any atom is 0.266 e. The minimum Gasteiger partial charge on any atom is -0.508 e. The van der Waals surface area contributed by atoms with Crippen LogP contribution in [0.2, 0.25) is 0 Å². The van der Waals surface area contributed by atoms with E-state index < -0.39 is 18.1 Å². The molecule has 0 bridgehead atoms. The molecule has 29 heavy (non-hydrogen) atoms. The average Bonchev–Trinajstić information content (AvgIpc) is 3.26. The molecule has 0 spiro atoms. The number of phenolic OH excluding ortho intramolecular Hbond substituents is 1. The van der Waals surface area contributed by atoms with Crippen molar-refractivity contribution in [3.05, 3.63) is 90.5 Å². The van der Waals surface area contributed by atoms with Crippen molar-refractivity contribution in [2.24, 2.45) is 5.92 Å². The number of phenols is 1. The van der Waals surface area contributed by atoms with Crippen LogP contribution in [0.5, 0.6) is 5.75 Å². The predicted molar refractivity (Wildman–Crippen MR) is 107 cm³/mol. The van der Waals surface area contributed by atoms with Gasteiger partial charge in [-0.15, -0.1) is 0 Å². The third-order valence-corrected chi connectivity index (χ3v) is 5.35. The van der Waals surface area contributed by atoms with Gasteiger partial charge in [-0.25, -0.2) is 9.96 Å². The molecule has 0 saturated carbocycles. The zero-order chi connectivity index (χ0) is 20.0. The number of carbonyl (C=O) groups excluding carboxylic acids is 2. The highest BCUT2D eigenvalue weighted by atomic mass is 16.7. The van der Waals surface area contributed by atoms with Gasteiger partial charge in [0.1, 0.15) is 11.7 Å². The first-order valence-corrected chi connectivity index (χ1v) is 9.38. The molecule has 0 aliphatic carbocycles. The molecule has 3 aromatic rings. The number of hydrogen-bond acceptors (Lipinski definition) is 5. The number of aromatic hydroxyl groups is 1. The molecule has 0 unspecified atom stereocenters. The number of hydrogen-bond donors (Lipinski definition) is 1. The summed E-state index contributed by atoms with van der Waals surface area (Å²) in [6.45, 7) is 0. The lowest BCUT2D eigenvalue weighted by Gasteiger charge is -2.28. The molecule has 3 aromatic carbocycles. The Hall–Kier alpha value is -3.64. The van der Waals surface area contributed by atoms with Gasteiger partial charge in [-0.3, -0.25) is 14.4 Å². The Morgan fingerprint density at radius 3 is 2.07 bits per heavy atom. The maximum absolute atomic E-state index is 13.4. The summed E-state index contributed by atoms with van der Waals surface area (Å²) in [5.74, 6) is -1.31. The molecule has 2 amide bonds. The zero-order valence-corrected chi connectivity index (χ0v) is 15.4. The molecule has 0 radical (unpaired) electrons. The number of nitrogens with zero attached hydrogens (tertiary/aromatic N) is 2. The van der Waals surface area contributed by atoms with Crippen LogP contribution in [0.25, 0.3) is 0 Å². The van der Waals surface area contributed by atoms with E-state index in [0.29, 0.717) is 11.3 Å². The lowest BCUT2D eigenvalue weighted by molar-refractivity contribution is -0.126. The van der Waals surface area contributed by atoms with Crippen molar-refractivity contribution in [2.45, 2.75) is 12.1 Å². The highest BCUT2D eigenvalue weighted by Gasteiger charge is 2.60. The summed E-state index contributed by atoms with van der Waals surface area (Å²) >= 11 is 0. The van der Waals surface area contributed by atoms with Gasteiger partial charge in [-0.2, -0.15) is 0 Å². The Bertz CT molecular complexity index is 1070.